The lowest BCUT2D eigenvalue weighted by atomic mass is 10.1. The molecule has 30 heavy (non-hydrogen) atoms. The van der Waals surface area contributed by atoms with E-state index in [1.54, 1.807) is 53.6 Å². The largest absolute Gasteiger partial charge is 0.439 e. The number of aromatic nitrogens is 4. The second-order valence-electron chi connectivity index (χ2n) is 6.27. The van der Waals surface area contributed by atoms with Crippen molar-refractivity contribution in [2.24, 2.45) is 0 Å². The van der Waals surface area contributed by atoms with Crippen LogP contribution in [-0.4, -0.2) is 25.4 Å². The molecule has 150 valence electrons. The molecule has 7 nitrogen and oxygen atoms in total. The fourth-order valence-electron chi connectivity index (χ4n) is 2.69. The second-order valence-corrected chi connectivity index (χ2v) is 6.27. The normalized spacial score (nSPS) is 10.6. The van der Waals surface area contributed by atoms with Crippen molar-refractivity contribution in [1.82, 2.24) is 19.5 Å². The Morgan fingerprint density at radius 2 is 1.90 bits per heavy atom. The maximum Gasteiger partial charge on any atom is 0.228 e. The average molecular weight is 407 g/mol. The predicted molar refractivity (Wildman–Crippen MR) is 104 cm³/mol. The van der Waals surface area contributed by atoms with Crippen LogP contribution in [0.5, 0.6) is 11.6 Å². The Balaban J connectivity index is 1.38. The van der Waals surface area contributed by atoms with Gasteiger partial charge in [-0.3, -0.25) is 9.36 Å². The summed E-state index contributed by atoms with van der Waals surface area (Å²) in [4.78, 5) is 24.3. The smallest absolute Gasteiger partial charge is 0.228 e. The third-order valence-corrected chi connectivity index (χ3v) is 4.12. The molecular formula is C21H15F2N5O2. The molecule has 2 heterocycles. The summed E-state index contributed by atoms with van der Waals surface area (Å²) in [5, 5.41) is 2.66. The van der Waals surface area contributed by atoms with Crippen LogP contribution < -0.4 is 10.1 Å². The van der Waals surface area contributed by atoms with Crippen molar-refractivity contribution >= 4 is 11.6 Å². The van der Waals surface area contributed by atoms with Crippen LogP contribution in [0.4, 0.5) is 14.5 Å². The number of nitrogens with one attached hydrogen (secondary N) is 1. The third kappa shape index (κ3) is 4.64. The van der Waals surface area contributed by atoms with Gasteiger partial charge in [-0.1, -0.05) is 6.07 Å². The molecule has 0 radical (unpaired) electrons. The molecule has 0 aliphatic carbocycles. The van der Waals surface area contributed by atoms with Crippen LogP contribution in [-0.2, 0) is 11.2 Å². The molecule has 0 saturated carbocycles. The minimum absolute atomic E-state index is 0.117. The number of carbonyl (C=O) groups excluding carboxylic acids is 1. The molecule has 4 aromatic rings. The molecule has 4 rings (SSSR count). The van der Waals surface area contributed by atoms with Gasteiger partial charge in [-0.05, 0) is 35.9 Å². The number of imidazole rings is 1. The van der Waals surface area contributed by atoms with E-state index in [4.69, 9.17) is 4.74 Å². The fourth-order valence-corrected chi connectivity index (χ4v) is 2.69. The Bertz CT molecular complexity index is 1160. The van der Waals surface area contributed by atoms with Gasteiger partial charge >= 0.3 is 0 Å². The molecule has 0 saturated heterocycles. The number of amides is 1. The molecule has 2 aromatic heterocycles. The Labute approximate surface area is 170 Å². The predicted octanol–water partition coefficient (Wildman–Crippen LogP) is 3.91. The van der Waals surface area contributed by atoms with Gasteiger partial charge in [-0.25, -0.2) is 23.7 Å². The first kappa shape index (κ1) is 19.2. The fraction of sp³-hybridized carbons (Fsp3) is 0.0476. The van der Waals surface area contributed by atoms with E-state index in [0.29, 0.717) is 23.1 Å². The summed E-state index contributed by atoms with van der Waals surface area (Å²) in [6, 6.07) is 11.4. The standard InChI is InChI=1S/C21H15F2N5O2/c22-15-2-1-14(18(23)10-15)9-20(29)27-16-3-5-17(6-4-16)30-21-11-19(25-12-26-21)28-8-7-24-13-28/h1-8,10-13H,9H2,(H,27,29). The van der Waals surface area contributed by atoms with Crippen molar-refractivity contribution in [2.75, 3.05) is 5.32 Å². The monoisotopic (exact) mass is 407 g/mol. The van der Waals surface area contributed by atoms with Gasteiger partial charge in [-0.2, -0.15) is 0 Å². The van der Waals surface area contributed by atoms with Gasteiger partial charge in [0.15, 0.2) is 0 Å². The molecule has 9 heteroatoms. The first-order chi connectivity index (χ1) is 14.6. The minimum atomic E-state index is -0.756. The van der Waals surface area contributed by atoms with Gasteiger partial charge in [0, 0.05) is 30.2 Å². The summed E-state index contributed by atoms with van der Waals surface area (Å²) in [7, 11) is 0. The highest BCUT2D eigenvalue weighted by atomic mass is 19.1. The Morgan fingerprint density at radius 3 is 2.63 bits per heavy atom. The van der Waals surface area contributed by atoms with Gasteiger partial charge in [0.1, 0.15) is 35.9 Å². The summed E-state index contributed by atoms with van der Waals surface area (Å²) in [5.41, 5.74) is 0.628. The highest BCUT2D eigenvalue weighted by molar-refractivity contribution is 5.92. The van der Waals surface area contributed by atoms with Gasteiger partial charge in [0.2, 0.25) is 11.8 Å². The lowest BCUT2D eigenvalue weighted by Crippen LogP contribution is -2.15. The van der Waals surface area contributed by atoms with Crippen LogP contribution in [0.25, 0.3) is 5.82 Å². The van der Waals surface area contributed by atoms with Crippen molar-refractivity contribution in [3.63, 3.8) is 0 Å². The summed E-state index contributed by atoms with van der Waals surface area (Å²) >= 11 is 0. The highest BCUT2D eigenvalue weighted by Crippen LogP contribution is 2.22. The minimum Gasteiger partial charge on any atom is -0.439 e. The number of hydrogen-bond acceptors (Lipinski definition) is 5. The summed E-state index contributed by atoms with van der Waals surface area (Å²) in [5.74, 6) is -0.406. The summed E-state index contributed by atoms with van der Waals surface area (Å²) < 4.78 is 34.1. The van der Waals surface area contributed by atoms with Crippen LogP contribution in [0.15, 0.2) is 73.6 Å². The number of carbonyl (C=O) groups is 1. The molecule has 0 aliphatic rings. The molecule has 1 N–H and O–H groups in total. The Kier molecular flexibility index (Phi) is 5.42. The zero-order chi connectivity index (χ0) is 20.9. The number of hydrogen-bond donors (Lipinski definition) is 1. The van der Waals surface area contributed by atoms with E-state index < -0.39 is 17.5 Å². The number of rotatable bonds is 6. The first-order valence-corrected chi connectivity index (χ1v) is 8.89. The van der Waals surface area contributed by atoms with E-state index in [1.165, 1.54) is 12.4 Å². The quantitative estimate of drug-likeness (QED) is 0.524. The van der Waals surface area contributed by atoms with Gasteiger partial charge in [0.05, 0.1) is 6.42 Å². The molecule has 0 spiro atoms. The maximum atomic E-state index is 13.7. The first-order valence-electron chi connectivity index (χ1n) is 8.89. The van der Waals surface area contributed by atoms with Gasteiger partial charge in [-0.15, -0.1) is 0 Å². The molecule has 0 bridgehead atoms. The number of benzene rings is 2. The number of anilines is 1. The van der Waals surface area contributed by atoms with Crippen LogP contribution in [0.1, 0.15) is 5.56 Å². The summed E-state index contributed by atoms with van der Waals surface area (Å²) in [6.45, 7) is 0. The summed E-state index contributed by atoms with van der Waals surface area (Å²) in [6.07, 6.45) is 6.18. The van der Waals surface area contributed by atoms with E-state index in [-0.39, 0.29) is 12.0 Å². The third-order valence-electron chi connectivity index (χ3n) is 4.12. The molecule has 0 aliphatic heterocycles. The zero-order valence-electron chi connectivity index (χ0n) is 15.5. The molecule has 0 atom stereocenters. The lowest BCUT2D eigenvalue weighted by molar-refractivity contribution is -0.115. The van der Waals surface area contributed by atoms with Crippen molar-refractivity contribution < 1.29 is 18.3 Å². The topological polar surface area (TPSA) is 81.9 Å². The zero-order valence-corrected chi connectivity index (χ0v) is 15.5. The van der Waals surface area contributed by atoms with Crippen LogP contribution in [0.3, 0.4) is 0 Å². The van der Waals surface area contributed by atoms with Crippen LogP contribution >= 0.6 is 0 Å². The second kappa shape index (κ2) is 8.48. The number of ether oxygens (including phenoxy) is 1. The number of halogens is 2. The highest BCUT2D eigenvalue weighted by Gasteiger charge is 2.10. The van der Waals surface area contributed by atoms with Gasteiger partial charge in [0.25, 0.3) is 0 Å². The van der Waals surface area contributed by atoms with E-state index in [1.807, 2.05) is 0 Å². The molecule has 1 amide bonds. The molecule has 0 unspecified atom stereocenters. The lowest BCUT2D eigenvalue weighted by Gasteiger charge is -2.09. The van der Waals surface area contributed by atoms with Crippen molar-refractivity contribution in [3.8, 4) is 17.4 Å². The molecular weight excluding hydrogens is 392 g/mol. The SMILES string of the molecule is O=C(Cc1ccc(F)cc1F)Nc1ccc(Oc2cc(-n3ccnc3)ncn2)cc1. The van der Waals surface area contributed by atoms with E-state index >= 15 is 0 Å². The Morgan fingerprint density at radius 1 is 1.07 bits per heavy atom. The average Bonchev–Trinajstić information content (AvgIpc) is 3.27. The van der Waals surface area contributed by atoms with Crippen LogP contribution in [0.2, 0.25) is 0 Å². The Hall–Kier alpha value is -4.14. The molecule has 2 aromatic carbocycles. The molecule has 0 fully saturated rings. The van der Waals surface area contributed by atoms with Crippen LogP contribution in [0, 0.1) is 11.6 Å². The van der Waals surface area contributed by atoms with E-state index in [0.717, 1.165) is 12.1 Å². The maximum absolute atomic E-state index is 13.7. The van der Waals surface area contributed by atoms with E-state index in [9.17, 15) is 13.6 Å². The van der Waals surface area contributed by atoms with Crippen molar-refractivity contribution in [1.29, 1.82) is 0 Å². The van der Waals surface area contributed by atoms with Gasteiger partial charge < -0.3 is 10.1 Å². The number of nitrogens with zero attached hydrogens (tertiary/aromatic N) is 4. The van der Waals surface area contributed by atoms with Crippen molar-refractivity contribution in [3.05, 3.63) is 90.8 Å². The van der Waals surface area contributed by atoms with E-state index in [2.05, 4.69) is 20.3 Å². The van der Waals surface area contributed by atoms with Crippen molar-refractivity contribution in [2.45, 2.75) is 6.42 Å².